The molecule has 0 aliphatic rings. The third-order valence-electron chi connectivity index (χ3n) is 4.48. The summed E-state index contributed by atoms with van der Waals surface area (Å²) < 4.78 is 6.78. The first-order valence-corrected chi connectivity index (χ1v) is 10.5. The molecule has 0 atom stereocenters. The van der Waals surface area contributed by atoms with Gasteiger partial charge in [-0.25, -0.2) is 4.79 Å². The zero-order chi connectivity index (χ0) is 20.6. The van der Waals surface area contributed by atoms with Crippen LogP contribution in [-0.2, 0) is 11.8 Å². The van der Waals surface area contributed by atoms with Gasteiger partial charge in [-0.05, 0) is 64.4 Å². The maximum Gasteiger partial charge on any atom is 0.314 e. The fourth-order valence-corrected chi connectivity index (χ4v) is 3.17. The Morgan fingerprint density at radius 1 is 1.04 bits per heavy atom. The van der Waals surface area contributed by atoms with Crippen LogP contribution >= 0.6 is 15.9 Å². The standard InChI is InChI=1S/C23H31BrN2O2/c1-17-6-8-18(9-7-17)12-14-26-22(27)25-13-5-15-28-21-11-10-19(16-20(21)24)23(2,3)4/h6-11,16H,5,12-15H2,1-4H3,(H2,25,26,27). The average Bonchev–Trinajstić information content (AvgIpc) is 2.63. The Morgan fingerprint density at radius 2 is 1.71 bits per heavy atom. The van der Waals surface area contributed by atoms with E-state index in [9.17, 15) is 4.79 Å². The van der Waals surface area contributed by atoms with Crippen LogP contribution in [0.25, 0.3) is 0 Å². The minimum Gasteiger partial charge on any atom is -0.492 e. The molecular weight excluding hydrogens is 416 g/mol. The van der Waals surface area contributed by atoms with E-state index in [4.69, 9.17) is 4.74 Å². The molecule has 0 fully saturated rings. The van der Waals surface area contributed by atoms with Gasteiger partial charge in [0, 0.05) is 13.1 Å². The predicted octanol–water partition coefficient (Wildman–Crippen LogP) is 5.37. The van der Waals surface area contributed by atoms with E-state index in [-0.39, 0.29) is 11.4 Å². The number of urea groups is 1. The Hall–Kier alpha value is -2.01. The van der Waals surface area contributed by atoms with Crippen molar-refractivity contribution in [3.63, 3.8) is 0 Å². The van der Waals surface area contributed by atoms with Crippen molar-refractivity contribution in [2.75, 3.05) is 19.7 Å². The first-order chi connectivity index (χ1) is 13.3. The van der Waals surface area contributed by atoms with Crippen molar-refractivity contribution in [1.29, 1.82) is 0 Å². The molecule has 0 aliphatic heterocycles. The molecule has 0 aliphatic carbocycles. The van der Waals surface area contributed by atoms with E-state index in [2.05, 4.69) is 90.7 Å². The minimum absolute atomic E-state index is 0.109. The lowest BCUT2D eigenvalue weighted by Crippen LogP contribution is -2.37. The quantitative estimate of drug-likeness (QED) is 0.535. The van der Waals surface area contributed by atoms with E-state index >= 15 is 0 Å². The third kappa shape index (κ3) is 7.55. The molecule has 28 heavy (non-hydrogen) atoms. The number of ether oxygens (including phenoxy) is 1. The molecule has 5 heteroatoms. The largest absolute Gasteiger partial charge is 0.492 e. The number of amides is 2. The number of hydrogen-bond donors (Lipinski definition) is 2. The highest BCUT2D eigenvalue weighted by molar-refractivity contribution is 9.10. The summed E-state index contributed by atoms with van der Waals surface area (Å²) in [6, 6.07) is 14.4. The van der Waals surface area contributed by atoms with Crippen LogP contribution in [0.1, 0.15) is 43.9 Å². The highest BCUT2D eigenvalue weighted by Gasteiger charge is 2.15. The second-order valence-corrected chi connectivity index (χ2v) is 8.87. The van der Waals surface area contributed by atoms with Crippen molar-refractivity contribution in [2.45, 2.75) is 46.0 Å². The van der Waals surface area contributed by atoms with Gasteiger partial charge in [-0.1, -0.05) is 56.7 Å². The van der Waals surface area contributed by atoms with Crippen LogP contribution in [0.2, 0.25) is 0 Å². The van der Waals surface area contributed by atoms with Crippen molar-refractivity contribution in [3.05, 3.63) is 63.6 Å². The summed E-state index contributed by atoms with van der Waals surface area (Å²) in [4.78, 5) is 11.8. The van der Waals surface area contributed by atoms with Gasteiger partial charge >= 0.3 is 6.03 Å². The van der Waals surface area contributed by atoms with E-state index in [1.54, 1.807) is 0 Å². The monoisotopic (exact) mass is 446 g/mol. The number of hydrogen-bond acceptors (Lipinski definition) is 2. The zero-order valence-electron chi connectivity index (χ0n) is 17.3. The van der Waals surface area contributed by atoms with E-state index < -0.39 is 0 Å². The Kier molecular flexibility index (Phi) is 8.36. The molecule has 0 spiro atoms. The van der Waals surface area contributed by atoms with Crippen LogP contribution in [-0.4, -0.2) is 25.7 Å². The van der Waals surface area contributed by atoms with Gasteiger partial charge in [-0.2, -0.15) is 0 Å². The Labute approximate surface area is 177 Å². The molecular formula is C23H31BrN2O2. The van der Waals surface area contributed by atoms with Gasteiger partial charge in [-0.15, -0.1) is 0 Å². The molecule has 0 bridgehead atoms. The second-order valence-electron chi connectivity index (χ2n) is 8.02. The lowest BCUT2D eigenvalue weighted by molar-refractivity contribution is 0.239. The molecule has 4 nitrogen and oxygen atoms in total. The first-order valence-electron chi connectivity index (χ1n) is 9.76. The number of halogens is 1. The Bertz CT molecular complexity index is 767. The molecule has 0 aromatic heterocycles. The molecule has 152 valence electrons. The highest BCUT2D eigenvalue weighted by atomic mass is 79.9. The maximum atomic E-state index is 11.8. The Balaban J connectivity index is 1.61. The van der Waals surface area contributed by atoms with Gasteiger partial charge in [0.15, 0.2) is 0 Å². The smallest absolute Gasteiger partial charge is 0.314 e. The average molecular weight is 447 g/mol. The van der Waals surface area contributed by atoms with Crippen LogP contribution in [0, 0.1) is 6.92 Å². The van der Waals surface area contributed by atoms with Crippen molar-refractivity contribution < 1.29 is 9.53 Å². The van der Waals surface area contributed by atoms with E-state index in [1.807, 2.05) is 6.07 Å². The van der Waals surface area contributed by atoms with E-state index in [0.29, 0.717) is 19.7 Å². The summed E-state index contributed by atoms with van der Waals surface area (Å²) in [5, 5.41) is 5.75. The number of rotatable bonds is 8. The van der Waals surface area contributed by atoms with Gasteiger partial charge in [-0.3, -0.25) is 0 Å². The normalized spacial score (nSPS) is 11.2. The maximum absolute atomic E-state index is 11.8. The summed E-state index contributed by atoms with van der Waals surface area (Å²) in [6.07, 6.45) is 1.58. The number of carbonyl (C=O) groups is 1. The molecule has 0 radical (unpaired) electrons. The van der Waals surface area contributed by atoms with Crippen LogP contribution in [0.15, 0.2) is 46.9 Å². The molecule has 2 aromatic carbocycles. The molecule has 0 saturated heterocycles. The third-order valence-corrected chi connectivity index (χ3v) is 5.10. The molecule has 2 N–H and O–H groups in total. The zero-order valence-corrected chi connectivity index (χ0v) is 18.9. The van der Waals surface area contributed by atoms with Gasteiger partial charge in [0.05, 0.1) is 11.1 Å². The molecule has 0 unspecified atom stereocenters. The summed E-state index contributed by atoms with van der Waals surface area (Å²) in [7, 11) is 0. The van der Waals surface area contributed by atoms with Crippen LogP contribution in [0.5, 0.6) is 5.75 Å². The second kappa shape index (κ2) is 10.5. The molecule has 0 saturated carbocycles. The number of aryl methyl sites for hydroxylation is 1. The van der Waals surface area contributed by atoms with Crippen LogP contribution in [0.3, 0.4) is 0 Å². The molecule has 2 amide bonds. The fourth-order valence-electron chi connectivity index (χ4n) is 2.68. The first kappa shape index (κ1) is 22.3. The number of nitrogens with one attached hydrogen (secondary N) is 2. The van der Waals surface area contributed by atoms with Gasteiger partial charge in [0.2, 0.25) is 0 Å². The van der Waals surface area contributed by atoms with Gasteiger partial charge in [0.25, 0.3) is 0 Å². The van der Waals surface area contributed by atoms with Crippen molar-refractivity contribution in [2.24, 2.45) is 0 Å². The van der Waals surface area contributed by atoms with Crippen molar-refractivity contribution in [1.82, 2.24) is 10.6 Å². The number of benzene rings is 2. The number of carbonyl (C=O) groups excluding carboxylic acids is 1. The molecule has 0 heterocycles. The SMILES string of the molecule is Cc1ccc(CCNC(=O)NCCCOc2ccc(C(C)(C)C)cc2Br)cc1. The minimum atomic E-state index is -0.136. The van der Waals surface area contributed by atoms with E-state index in [1.165, 1.54) is 16.7 Å². The lowest BCUT2D eigenvalue weighted by Gasteiger charge is -2.20. The summed E-state index contributed by atoms with van der Waals surface area (Å²) in [5.41, 5.74) is 3.84. The van der Waals surface area contributed by atoms with Crippen molar-refractivity contribution >= 4 is 22.0 Å². The van der Waals surface area contributed by atoms with Crippen molar-refractivity contribution in [3.8, 4) is 5.75 Å². The summed E-state index contributed by atoms with van der Waals surface area (Å²) in [6.45, 7) is 10.4. The fraction of sp³-hybridized carbons (Fsp3) is 0.435. The van der Waals surface area contributed by atoms with Crippen LogP contribution < -0.4 is 15.4 Å². The lowest BCUT2D eigenvalue weighted by atomic mass is 9.87. The van der Waals surface area contributed by atoms with Crippen LogP contribution in [0.4, 0.5) is 4.79 Å². The van der Waals surface area contributed by atoms with E-state index in [0.717, 1.165) is 23.1 Å². The highest BCUT2D eigenvalue weighted by Crippen LogP contribution is 2.31. The topological polar surface area (TPSA) is 50.4 Å². The van der Waals surface area contributed by atoms with Gasteiger partial charge < -0.3 is 15.4 Å². The molecule has 2 aromatic rings. The summed E-state index contributed by atoms with van der Waals surface area (Å²) in [5.74, 6) is 0.829. The van der Waals surface area contributed by atoms with Gasteiger partial charge in [0.1, 0.15) is 5.75 Å². The summed E-state index contributed by atoms with van der Waals surface area (Å²) >= 11 is 3.58. The predicted molar refractivity (Wildman–Crippen MR) is 119 cm³/mol. The molecule has 2 rings (SSSR count). The Morgan fingerprint density at radius 3 is 2.36 bits per heavy atom.